The molecule has 0 fully saturated rings. The lowest BCUT2D eigenvalue weighted by Crippen LogP contribution is -2.12. The molecule has 28 heavy (non-hydrogen) atoms. The van der Waals surface area contributed by atoms with Crippen LogP contribution in [0.4, 0.5) is 5.69 Å². The lowest BCUT2D eigenvalue weighted by Gasteiger charge is -2.12. The maximum Gasteiger partial charge on any atom is 0.255 e. The van der Waals surface area contributed by atoms with E-state index in [1.165, 1.54) is 10.8 Å². The smallest absolute Gasteiger partial charge is 0.255 e. The standard InChI is InChI=1S/C25H18N2O/c28-25(17-9-2-1-3-10-17)27-23-16-7-5-12-19(23)21-14-8-13-20-18-11-4-6-15-22(18)26-24(20)21/h1-16,26H,(H,27,28). The molecule has 0 radical (unpaired) electrons. The molecule has 134 valence electrons. The number of aromatic amines is 1. The third-order valence-corrected chi connectivity index (χ3v) is 5.04. The van der Waals surface area contributed by atoms with Crippen LogP contribution >= 0.6 is 0 Å². The SMILES string of the molecule is O=C(Nc1ccccc1-c1cccc2c1[nH]c1ccccc12)c1ccccc1. The van der Waals surface area contributed by atoms with E-state index in [1.807, 2.05) is 60.7 Å². The summed E-state index contributed by atoms with van der Waals surface area (Å²) in [5.41, 5.74) is 5.67. The molecule has 0 unspecified atom stereocenters. The molecule has 1 amide bonds. The summed E-state index contributed by atoms with van der Waals surface area (Å²) in [4.78, 5) is 16.2. The van der Waals surface area contributed by atoms with Crippen LogP contribution < -0.4 is 5.32 Å². The second-order valence-corrected chi connectivity index (χ2v) is 6.76. The van der Waals surface area contributed by atoms with Crippen molar-refractivity contribution in [3.8, 4) is 11.1 Å². The number of amides is 1. The highest BCUT2D eigenvalue weighted by Gasteiger charge is 2.14. The first kappa shape index (κ1) is 16.3. The molecule has 4 aromatic carbocycles. The zero-order chi connectivity index (χ0) is 18.9. The Morgan fingerprint density at radius 1 is 0.643 bits per heavy atom. The van der Waals surface area contributed by atoms with E-state index in [1.54, 1.807) is 0 Å². The molecule has 0 atom stereocenters. The Labute approximate surface area is 162 Å². The van der Waals surface area contributed by atoms with E-state index >= 15 is 0 Å². The number of carbonyl (C=O) groups excluding carboxylic acids is 1. The van der Waals surface area contributed by atoms with Crippen LogP contribution in [-0.4, -0.2) is 10.9 Å². The normalized spacial score (nSPS) is 11.0. The third-order valence-electron chi connectivity index (χ3n) is 5.04. The Morgan fingerprint density at radius 3 is 2.21 bits per heavy atom. The second-order valence-electron chi connectivity index (χ2n) is 6.76. The summed E-state index contributed by atoms with van der Waals surface area (Å²) in [7, 11) is 0. The predicted octanol–water partition coefficient (Wildman–Crippen LogP) is 6.24. The summed E-state index contributed by atoms with van der Waals surface area (Å²) in [6, 6.07) is 31.8. The molecule has 3 heteroatoms. The number of rotatable bonds is 3. The highest BCUT2D eigenvalue weighted by atomic mass is 16.1. The van der Waals surface area contributed by atoms with Gasteiger partial charge in [-0.3, -0.25) is 4.79 Å². The van der Waals surface area contributed by atoms with Crippen LogP contribution in [-0.2, 0) is 0 Å². The number of carbonyl (C=O) groups is 1. The molecule has 2 N–H and O–H groups in total. The molecule has 0 saturated carbocycles. The van der Waals surface area contributed by atoms with E-state index in [4.69, 9.17) is 0 Å². The van der Waals surface area contributed by atoms with Gasteiger partial charge in [-0.1, -0.05) is 72.8 Å². The summed E-state index contributed by atoms with van der Waals surface area (Å²) in [5, 5.41) is 5.45. The topological polar surface area (TPSA) is 44.9 Å². The highest BCUT2D eigenvalue weighted by Crippen LogP contribution is 2.36. The first-order chi connectivity index (χ1) is 13.8. The van der Waals surface area contributed by atoms with Crippen molar-refractivity contribution in [1.29, 1.82) is 0 Å². The monoisotopic (exact) mass is 362 g/mol. The van der Waals surface area contributed by atoms with Gasteiger partial charge in [-0.2, -0.15) is 0 Å². The van der Waals surface area contributed by atoms with Crippen LogP contribution in [0.15, 0.2) is 97.1 Å². The Balaban J connectivity index is 1.64. The molecular formula is C25H18N2O. The van der Waals surface area contributed by atoms with Gasteiger partial charge < -0.3 is 10.3 Å². The third kappa shape index (κ3) is 2.74. The van der Waals surface area contributed by atoms with Gasteiger partial charge in [-0.15, -0.1) is 0 Å². The molecule has 5 aromatic rings. The lowest BCUT2D eigenvalue weighted by atomic mass is 10.00. The van der Waals surface area contributed by atoms with Crippen LogP contribution in [0.5, 0.6) is 0 Å². The lowest BCUT2D eigenvalue weighted by molar-refractivity contribution is 0.102. The van der Waals surface area contributed by atoms with Crippen LogP contribution in [0.25, 0.3) is 32.9 Å². The molecule has 1 heterocycles. The number of para-hydroxylation sites is 3. The van der Waals surface area contributed by atoms with Crippen molar-refractivity contribution in [3.63, 3.8) is 0 Å². The Hall–Kier alpha value is -3.85. The number of nitrogens with one attached hydrogen (secondary N) is 2. The van der Waals surface area contributed by atoms with Crippen molar-refractivity contribution in [2.45, 2.75) is 0 Å². The Kier molecular flexibility index (Phi) is 3.91. The summed E-state index contributed by atoms with van der Waals surface area (Å²) in [6.45, 7) is 0. The van der Waals surface area contributed by atoms with Gasteiger partial charge in [0.2, 0.25) is 0 Å². The fraction of sp³-hybridized carbons (Fsp3) is 0. The van der Waals surface area contributed by atoms with Crippen molar-refractivity contribution in [3.05, 3.63) is 103 Å². The second kappa shape index (κ2) is 6.71. The minimum absolute atomic E-state index is 0.114. The molecule has 0 saturated heterocycles. The average Bonchev–Trinajstić information content (AvgIpc) is 3.14. The van der Waals surface area contributed by atoms with E-state index < -0.39 is 0 Å². The number of benzene rings is 4. The molecule has 5 rings (SSSR count). The number of anilines is 1. The molecule has 0 aliphatic heterocycles. The number of H-pyrrole nitrogens is 1. The van der Waals surface area contributed by atoms with Crippen molar-refractivity contribution in [2.24, 2.45) is 0 Å². The first-order valence-corrected chi connectivity index (χ1v) is 9.26. The van der Waals surface area contributed by atoms with E-state index in [-0.39, 0.29) is 5.91 Å². The van der Waals surface area contributed by atoms with Crippen LogP contribution in [0, 0.1) is 0 Å². The van der Waals surface area contributed by atoms with Crippen molar-refractivity contribution in [2.75, 3.05) is 5.32 Å². The average molecular weight is 362 g/mol. The van der Waals surface area contributed by atoms with Crippen LogP contribution in [0.1, 0.15) is 10.4 Å². The van der Waals surface area contributed by atoms with Gasteiger partial charge in [0, 0.05) is 38.7 Å². The quantitative estimate of drug-likeness (QED) is 0.392. The molecule has 0 aliphatic rings. The van der Waals surface area contributed by atoms with Gasteiger partial charge in [0.1, 0.15) is 0 Å². The van der Waals surface area contributed by atoms with Crippen LogP contribution in [0.3, 0.4) is 0 Å². The predicted molar refractivity (Wildman–Crippen MR) is 116 cm³/mol. The van der Waals surface area contributed by atoms with Crippen LogP contribution in [0.2, 0.25) is 0 Å². The molecule has 0 bridgehead atoms. The number of aromatic nitrogens is 1. The Bertz CT molecular complexity index is 1300. The fourth-order valence-electron chi connectivity index (χ4n) is 3.71. The maximum atomic E-state index is 12.7. The number of hydrogen-bond donors (Lipinski definition) is 2. The molecule has 0 spiro atoms. The van der Waals surface area contributed by atoms with Gasteiger partial charge >= 0.3 is 0 Å². The zero-order valence-electron chi connectivity index (χ0n) is 15.1. The fourth-order valence-corrected chi connectivity index (χ4v) is 3.71. The minimum atomic E-state index is -0.114. The first-order valence-electron chi connectivity index (χ1n) is 9.26. The summed E-state index contributed by atoms with van der Waals surface area (Å²) < 4.78 is 0. The van der Waals surface area contributed by atoms with Gasteiger partial charge in [-0.25, -0.2) is 0 Å². The molecule has 1 aromatic heterocycles. The molecule has 3 nitrogen and oxygen atoms in total. The number of fused-ring (bicyclic) bond motifs is 3. The van der Waals surface area contributed by atoms with Crippen molar-refractivity contribution < 1.29 is 4.79 Å². The summed E-state index contributed by atoms with van der Waals surface area (Å²) in [5.74, 6) is -0.114. The molecular weight excluding hydrogens is 344 g/mol. The Morgan fingerprint density at radius 2 is 1.32 bits per heavy atom. The zero-order valence-corrected chi connectivity index (χ0v) is 15.1. The van der Waals surface area contributed by atoms with Crippen molar-refractivity contribution in [1.82, 2.24) is 4.98 Å². The number of hydrogen-bond acceptors (Lipinski definition) is 1. The van der Waals surface area contributed by atoms with Gasteiger partial charge in [-0.05, 0) is 24.3 Å². The van der Waals surface area contributed by atoms with E-state index in [9.17, 15) is 4.79 Å². The van der Waals surface area contributed by atoms with Gasteiger partial charge in [0.15, 0.2) is 0 Å². The van der Waals surface area contributed by atoms with E-state index in [0.29, 0.717) is 5.56 Å². The molecule has 0 aliphatic carbocycles. The largest absolute Gasteiger partial charge is 0.354 e. The van der Waals surface area contributed by atoms with E-state index in [0.717, 1.165) is 27.8 Å². The van der Waals surface area contributed by atoms with Gasteiger partial charge in [0.05, 0.1) is 5.52 Å². The minimum Gasteiger partial charge on any atom is -0.354 e. The van der Waals surface area contributed by atoms with Gasteiger partial charge in [0.25, 0.3) is 5.91 Å². The summed E-state index contributed by atoms with van der Waals surface area (Å²) in [6.07, 6.45) is 0. The summed E-state index contributed by atoms with van der Waals surface area (Å²) >= 11 is 0. The highest BCUT2D eigenvalue weighted by molar-refractivity contribution is 6.13. The van der Waals surface area contributed by atoms with Crippen molar-refractivity contribution >= 4 is 33.4 Å². The van der Waals surface area contributed by atoms with E-state index in [2.05, 4.69) is 46.7 Å². The maximum absolute atomic E-state index is 12.7.